The maximum absolute atomic E-state index is 9.31. The van der Waals surface area contributed by atoms with Crippen LogP contribution in [0.1, 0.15) is 17.0 Å². The van der Waals surface area contributed by atoms with Gasteiger partial charge in [-0.3, -0.25) is 0 Å². The molecule has 0 bridgehead atoms. The molecule has 3 heteroatoms. The Morgan fingerprint density at radius 2 is 2.05 bits per heavy atom. The molecule has 106 valence electrons. The molecule has 3 nitrogen and oxygen atoms in total. The van der Waals surface area contributed by atoms with Gasteiger partial charge in [-0.25, -0.2) is 0 Å². The van der Waals surface area contributed by atoms with Crippen LogP contribution in [0.4, 0.5) is 0 Å². The molecule has 3 aromatic rings. The Kier molecular flexibility index (Phi) is 2.93. The summed E-state index contributed by atoms with van der Waals surface area (Å²) in [6, 6.07) is 16.5. The molecule has 0 saturated carbocycles. The Bertz CT molecular complexity index is 791. The van der Waals surface area contributed by atoms with Crippen molar-refractivity contribution in [3.05, 3.63) is 65.9 Å². The first-order valence-corrected chi connectivity index (χ1v) is 7.25. The van der Waals surface area contributed by atoms with Crippen molar-refractivity contribution in [3.63, 3.8) is 0 Å². The molecule has 1 atom stereocenters. The molecule has 0 saturated heterocycles. The smallest absolute Gasteiger partial charge is 0.122 e. The van der Waals surface area contributed by atoms with Crippen molar-refractivity contribution < 1.29 is 9.84 Å². The summed E-state index contributed by atoms with van der Waals surface area (Å²) in [5, 5.41) is 10.5. The van der Waals surface area contributed by atoms with Crippen LogP contribution in [0, 0.1) is 0 Å². The number of benzene rings is 2. The summed E-state index contributed by atoms with van der Waals surface area (Å²) in [5.74, 6) is 1.39. The minimum atomic E-state index is 0.0799. The molecule has 1 unspecified atom stereocenters. The Labute approximate surface area is 123 Å². The quantitative estimate of drug-likeness (QED) is 0.798. The second-order valence-corrected chi connectivity index (χ2v) is 5.57. The summed E-state index contributed by atoms with van der Waals surface area (Å²) in [7, 11) is 0. The van der Waals surface area contributed by atoms with Crippen LogP contribution in [-0.4, -0.2) is 16.3 Å². The maximum atomic E-state index is 9.31. The highest BCUT2D eigenvalue weighted by Crippen LogP contribution is 2.35. The van der Waals surface area contributed by atoms with E-state index in [0.717, 1.165) is 24.5 Å². The molecule has 1 aliphatic rings. The fraction of sp³-hybridized carbons (Fsp3) is 0.222. The molecule has 1 aromatic heterocycles. The van der Waals surface area contributed by atoms with Crippen LogP contribution >= 0.6 is 0 Å². The Hall–Kier alpha value is -2.26. The highest BCUT2D eigenvalue weighted by atomic mass is 16.5. The largest absolute Gasteiger partial charge is 0.493 e. The summed E-state index contributed by atoms with van der Waals surface area (Å²) in [5.41, 5.74) is 3.41. The molecule has 0 radical (unpaired) electrons. The van der Waals surface area contributed by atoms with Crippen molar-refractivity contribution in [2.45, 2.75) is 19.1 Å². The molecule has 4 rings (SSSR count). The number of aromatic nitrogens is 1. The lowest BCUT2D eigenvalue weighted by molar-refractivity contribution is 0.282. The SMILES string of the molecule is OCc1ccc2ccn(CC3COc4ccccc43)c2c1. The number of nitrogens with zero attached hydrogens (tertiary/aromatic N) is 1. The number of hydrogen-bond acceptors (Lipinski definition) is 2. The third kappa shape index (κ3) is 2.10. The molecular formula is C18H17NO2. The first-order chi connectivity index (χ1) is 10.3. The summed E-state index contributed by atoms with van der Waals surface area (Å²) >= 11 is 0. The highest BCUT2D eigenvalue weighted by Gasteiger charge is 2.24. The molecule has 2 heterocycles. The monoisotopic (exact) mass is 279 g/mol. The number of ether oxygens (including phenoxy) is 1. The van der Waals surface area contributed by atoms with Crippen molar-refractivity contribution >= 4 is 10.9 Å². The fourth-order valence-electron chi connectivity index (χ4n) is 3.10. The second kappa shape index (κ2) is 4.93. The van der Waals surface area contributed by atoms with Gasteiger partial charge < -0.3 is 14.4 Å². The molecule has 0 amide bonds. The van der Waals surface area contributed by atoms with Crippen LogP contribution in [-0.2, 0) is 13.2 Å². The predicted octanol–water partition coefficient (Wildman–Crippen LogP) is 3.31. The van der Waals surface area contributed by atoms with E-state index in [-0.39, 0.29) is 6.61 Å². The van der Waals surface area contributed by atoms with Gasteiger partial charge in [0.15, 0.2) is 0 Å². The van der Waals surface area contributed by atoms with Crippen LogP contribution in [0.5, 0.6) is 5.75 Å². The number of hydrogen-bond donors (Lipinski definition) is 1. The minimum Gasteiger partial charge on any atom is -0.493 e. The number of aliphatic hydroxyl groups is 1. The van der Waals surface area contributed by atoms with Gasteiger partial charge in [0.25, 0.3) is 0 Å². The third-order valence-corrected chi connectivity index (χ3v) is 4.24. The number of aliphatic hydroxyl groups excluding tert-OH is 1. The predicted molar refractivity (Wildman–Crippen MR) is 82.5 cm³/mol. The van der Waals surface area contributed by atoms with Gasteiger partial charge in [-0.05, 0) is 29.1 Å². The van der Waals surface area contributed by atoms with Gasteiger partial charge in [0.2, 0.25) is 0 Å². The number of para-hydroxylation sites is 1. The topological polar surface area (TPSA) is 34.4 Å². The number of fused-ring (bicyclic) bond motifs is 2. The summed E-state index contributed by atoms with van der Waals surface area (Å²) < 4.78 is 8.02. The zero-order chi connectivity index (χ0) is 14.2. The molecule has 21 heavy (non-hydrogen) atoms. The first kappa shape index (κ1) is 12.5. The van der Waals surface area contributed by atoms with Crippen LogP contribution in [0.2, 0.25) is 0 Å². The Morgan fingerprint density at radius 1 is 1.14 bits per heavy atom. The molecule has 2 aromatic carbocycles. The second-order valence-electron chi connectivity index (χ2n) is 5.57. The van der Waals surface area contributed by atoms with Gasteiger partial charge in [0.1, 0.15) is 5.75 Å². The molecule has 1 aliphatic heterocycles. The molecule has 0 fully saturated rings. The van der Waals surface area contributed by atoms with Gasteiger partial charge in [0, 0.05) is 29.7 Å². The van der Waals surface area contributed by atoms with E-state index in [1.54, 1.807) is 0 Å². The molecular weight excluding hydrogens is 262 g/mol. The van der Waals surface area contributed by atoms with Crippen LogP contribution in [0.15, 0.2) is 54.7 Å². The van der Waals surface area contributed by atoms with Crippen molar-refractivity contribution in [3.8, 4) is 5.75 Å². The van der Waals surface area contributed by atoms with Crippen LogP contribution in [0.25, 0.3) is 10.9 Å². The minimum absolute atomic E-state index is 0.0799. The molecule has 1 N–H and O–H groups in total. The van der Waals surface area contributed by atoms with Crippen LogP contribution in [0.3, 0.4) is 0 Å². The summed E-state index contributed by atoms with van der Waals surface area (Å²) in [6.07, 6.45) is 2.12. The van der Waals surface area contributed by atoms with Gasteiger partial charge >= 0.3 is 0 Å². The molecule has 0 spiro atoms. The standard InChI is InChI=1S/C18H17NO2/c20-11-13-5-6-14-7-8-19(17(14)9-13)10-15-12-21-18-4-2-1-3-16(15)18/h1-9,15,20H,10-12H2. The lowest BCUT2D eigenvalue weighted by Gasteiger charge is -2.12. The fourth-order valence-corrected chi connectivity index (χ4v) is 3.10. The van der Waals surface area contributed by atoms with E-state index in [0.29, 0.717) is 5.92 Å². The first-order valence-electron chi connectivity index (χ1n) is 7.25. The van der Waals surface area contributed by atoms with E-state index in [2.05, 4.69) is 41.1 Å². The van der Waals surface area contributed by atoms with Crippen molar-refractivity contribution in [2.24, 2.45) is 0 Å². The van der Waals surface area contributed by atoms with E-state index < -0.39 is 0 Å². The van der Waals surface area contributed by atoms with E-state index >= 15 is 0 Å². The van der Waals surface area contributed by atoms with Crippen molar-refractivity contribution in [1.82, 2.24) is 4.57 Å². The zero-order valence-corrected chi connectivity index (χ0v) is 11.7. The third-order valence-electron chi connectivity index (χ3n) is 4.24. The van der Waals surface area contributed by atoms with Gasteiger partial charge in [0.05, 0.1) is 13.2 Å². The lowest BCUT2D eigenvalue weighted by atomic mass is 10.0. The van der Waals surface area contributed by atoms with E-state index in [1.165, 1.54) is 16.5 Å². The van der Waals surface area contributed by atoms with Crippen molar-refractivity contribution in [2.75, 3.05) is 6.61 Å². The zero-order valence-electron chi connectivity index (χ0n) is 11.7. The van der Waals surface area contributed by atoms with Gasteiger partial charge in [-0.2, -0.15) is 0 Å². The van der Waals surface area contributed by atoms with Crippen molar-refractivity contribution in [1.29, 1.82) is 0 Å². The Morgan fingerprint density at radius 3 is 2.95 bits per heavy atom. The van der Waals surface area contributed by atoms with E-state index in [9.17, 15) is 5.11 Å². The van der Waals surface area contributed by atoms with E-state index in [4.69, 9.17) is 4.74 Å². The lowest BCUT2D eigenvalue weighted by Crippen LogP contribution is -2.09. The average Bonchev–Trinajstić information content (AvgIpc) is 3.12. The highest BCUT2D eigenvalue weighted by molar-refractivity contribution is 5.80. The number of rotatable bonds is 3. The van der Waals surface area contributed by atoms with Gasteiger partial charge in [-0.15, -0.1) is 0 Å². The summed E-state index contributed by atoms with van der Waals surface area (Å²) in [4.78, 5) is 0. The molecule has 0 aliphatic carbocycles. The maximum Gasteiger partial charge on any atom is 0.122 e. The van der Waals surface area contributed by atoms with Crippen LogP contribution < -0.4 is 4.74 Å². The Balaban J connectivity index is 1.69. The van der Waals surface area contributed by atoms with E-state index in [1.807, 2.05) is 18.2 Å². The van der Waals surface area contributed by atoms with Gasteiger partial charge in [-0.1, -0.05) is 30.3 Å². The average molecular weight is 279 g/mol. The normalized spacial score (nSPS) is 16.9. The summed E-state index contributed by atoms with van der Waals surface area (Å²) in [6.45, 7) is 1.71.